The molecule has 1 aromatic heterocycles. The predicted octanol–water partition coefficient (Wildman–Crippen LogP) is 0.699. The van der Waals surface area contributed by atoms with Gasteiger partial charge in [-0.3, -0.25) is 0 Å². The SMILES string of the molecule is NC1CCc2cnc(CC3CCCNC3)n2C1. The fourth-order valence-corrected chi connectivity index (χ4v) is 3.05. The first-order valence-corrected chi connectivity index (χ1v) is 6.82. The van der Waals surface area contributed by atoms with Gasteiger partial charge >= 0.3 is 0 Å². The highest BCUT2D eigenvalue weighted by atomic mass is 15.1. The van der Waals surface area contributed by atoms with Crippen molar-refractivity contribution in [3.8, 4) is 0 Å². The second-order valence-electron chi connectivity index (χ2n) is 5.49. The maximum Gasteiger partial charge on any atom is 0.109 e. The van der Waals surface area contributed by atoms with Gasteiger partial charge in [0.05, 0.1) is 0 Å². The van der Waals surface area contributed by atoms with E-state index in [1.54, 1.807) is 0 Å². The zero-order valence-electron chi connectivity index (χ0n) is 10.4. The molecule has 94 valence electrons. The van der Waals surface area contributed by atoms with Crippen LogP contribution in [0.2, 0.25) is 0 Å². The lowest BCUT2D eigenvalue weighted by molar-refractivity contribution is 0.359. The third kappa shape index (κ3) is 2.38. The van der Waals surface area contributed by atoms with Gasteiger partial charge < -0.3 is 15.6 Å². The van der Waals surface area contributed by atoms with Gasteiger partial charge in [-0.05, 0) is 44.7 Å². The molecule has 2 aliphatic rings. The summed E-state index contributed by atoms with van der Waals surface area (Å²) in [5.41, 5.74) is 7.43. The van der Waals surface area contributed by atoms with Crippen molar-refractivity contribution in [3.63, 3.8) is 0 Å². The van der Waals surface area contributed by atoms with Gasteiger partial charge in [0, 0.05) is 30.9 Å². The highest BCUT2D eigenvalue weighted by Gasteiger charge is 2.21. The quantitative estimate of drug-likeness (QED) is 0.792. The minimum absolute atomic E-state index is 0.319. The van der Waals surface area contributed by atoms with E-state index in [-0.39, 0.29) is 0 Å². The number of aryl methyl sites for hydroxylation is 1. The second-order valence-corrected chi connectivity index (χ2v) is 5.49. The number of piperidine rings is 1. The number of hydrogen-bond acceptors (Lipinski definition) is 3. The Bertz CT molecular complexity index is 379. The fraction of sp³-hybridized carbons (Fsp3) is 0.769. The van der Waals surface area contributed by atoms with Gasteiger partial charge in [0.25, 0.3) is 0 Å². The van der Waals surface area contributed by atoms with Crippen LogP contribution in [-0.4, -0.2) is 28.7 Å². The zero-order chi connectivity index (χ0) is 11.7. The van der Waals surface area contributed by atoms with Crippen molar-refractivity contribution in [2.75, 3.05) is 13.1 Å². The Kier molecular flexibility index (Phi) is 3.16. The van der Waals surface area contributed by atoms with Crippen LogP contribution in [0.3, 0.4) is 0 Å². The second kappa shape index (κ2) is 4.78. The van der Waals surface area contributed by atoms with Crippen LogP contribution in [0, 0.1) is 5.92 Å². The van der Waals surface area contributed by atoms with Crippen molar-refractivity contribution < 1.29 is 0 Å². The van der Waals surface area contributed by atoms with Gasteiger partial charge in [-0.2, -0.15) is 0 Å². The molecule has 0 amide bonds. The van der Waals surface area contributed by atoms with E-state index in [1.807, 2.05) is 0 Å². The average Bonchev–Trinajstić information content (AvgIpc) is 2.73. The molecule has 0 spiro atoms. The van der Waals surface area contributed by atoms with Crippen LogP contribution >= 0.6 is 0 Å². The van der Waals surface area contributed by atoms with E-state index in [0.29, 0.717) is 6.04 Å². The summed E-state index contributed by atoms with van der Waals surface area (Å²) in [5, 5.41) is 3.47. The van der Waals surface area contributed by atoms with Crippen LogP contribution in [0.1, 0.15) is 30.8 Å². The number of imidazole rings is 1. The Morgan fingerprint density at radius 1 is 1.47 bits per heavy atom. The minimum Gasteiger partial charge on any atom is -0.330 e. The molecule has 0 aromatic carbocycles. The molecule has 4 nitrogen and oxygen atoms in total. The average molecular weight is 234 g/mol. The first-order valence-electron chi connectivity index (χ1n) is 6.82. The summed E-state index contributed by atoms with van der Waals surface area (Å²) in [5.74, 6) is 2.01. The van der Waals surface area contributed by atoms with E-state index in [1.165, 1.54) is 30.9 Å². The van der Waals surface area contributed by atoms with Crippen molar-refractivity contribution in [2.45, 2.75) is 44.7 Å². The highest BCUT2D eigenvalue weighted by molar-refractivity contribution is 5.10. The lowest BCUT2D eigenvalue weighted by Gasteiger charge is -2.25. The first-order chi connectivity index (χ1) is 8.33. The van der Waals surface area contributed by atoms with Crippen molar-refractivity contribution >= 4 is 0 Å². The van der Waals surface area contributed by atoms with E-state index >= 15 is 0 Å². The molecule has 2 aliphatic heterocycles. The molecule has 0 saturated carbocycles. The topological polar surface area (TPSA) is 55.9 Å². The van der Waals surface area contributed by atoms with Crippen LogP contribution in [0.25, 0.3) is 0 Å². The third-order valence-corrected chi connectivity index (χ3v) is 4.08. The molecule has 1 aromatic rings. The molecule has 0 aliphatic carbocycles. The van der Waals surface area contributed by atoms with Crippen LogP contribution < -0.4 is 11.1 Å². The van der Waals surface area contributed by atoms with Crippen molar-refractivity contribution in [1.82, 2.24) is 14.9 Å². The predicted molar refractivity (Wildman–Crippen MR) is 67.8 cm³/mol. The van der Waals surface area contributed by atoms with E-state index in [2.05, 4.69) is 21.1 Å². The molecule has 1 fully saturated rings. The maximum absolute atomic E-state index is 6.05. The van der Waals surface area contributed by atoms with Crippen LogP contribution in [0.15, 0.2) is 6.20 Å². The summed E-state index contributed by atoms with van der Waals surface area (Å²) < 4.78 is 2.36. The molecule has 2 unspecified atom stereocenters. The van der Waals surface area contributed by atoms with Crippen LogP contribution in [0.4, 0.5) is 0 Å². The Morgan fingerprint density at radius 2 is 2.41 bits per heavy atom. The van der Waals surface area contributed by atoms with Crippen LogP contribution in [-0.2, 0) is 19.4 Å². The smallest absolute Gasteiger partial charge is 0.109 e. The Labute approximate surface area is 103 Å². The van der Waals surface area contributed by atoms with Gasteiger partial charge in [-0.1, -0.05) is 0 Å². The number of nitrogens with two attached hydrogens (primary N) is 1. The fourth-order valence-electron chi connectivity index (χ4n) is 3.05. The Balaban J connectivity index is 1.72. The van der Waals surface area contributed by atoms with Gasteiger partial charge in [0.15, 0.2) is 0 Å². The monoisotopic (exact) mass is 234 g/mol. The Morgan fingerprint density at radius 3 is 3.24 bits per heavy atom. The number of hydrogen-bond donors (Lipinski definition) is 2. The molecule has 3 heterocycles. The van der Waals surface area contributed by atoms with Crippen molar-refractivity contribution in [3.05, 3.63) is 17.7 Å². The summed E-state index contributed by atoms with van der Waals surface area (Å²) in [6.45, 7) is 3.29. The minimum atomic E-state index is 0.319. The molecule has 0 radical (unpaired) electrons. The summed E-state index contributed by atoms with van der Waals surface area (Å²) in [4.78, 5) is 4.61. The summed E-state index contributed by atoms with van der Waals surface area (Å²) in [6, 6.07) is 0.319. The van der Waals surface area contributed by atoms with Gasteiger partial charge in [0.2, 0.25) is 0 Å². The third-order valence-electron chi connectivity index (χ3n) is 4.08. The van der Waals surface area contributed by atoms with E-state index in [0.717, 1.165) is 38.3 Å². The van der Waals surface area contributed by atoms with Crippen molar-refractivity contribution in [2.24, 2.45) is 11.7 Å². The zero-order valence-corrected chi connectivity index (χ0v) is 10.4. The summed E-state index contributed by atoms with van der Waals surface area (Å²) in [7, 11) is 0. The molecule has 3 N–H and O–H groups in total. The van der Waals surface area contributed by atoms with E-state index < -0.39 is 0 Å². The van der Waals surface area contributed by atoms with Gasteiger partial charge in [-0.25, -0.2) is 4.98 Å². The lowest BCUT2D eigenvalue weighted by Crippen LogP contribution is -2.34. The summed E-state index contributed by atoms with van der Waals surface area (Å²) in [6.07, 6.45) is 8.00. The first kappa shape index (κ1) is 11.2. The number of aromatic nitrogens is 2. The van der Waals surface area contributed by atoms with Crippen molar-refractivity contribution in [1.29, 1.82) is 0 Å². The molecular weight excluding hydrogens is 212 g/mol. The molecule has 4 heteroatoms. The molecule has 3 rings (SSSR count). The van der Waals surface area contributed by atoms with Crippen LogP contribution in [0.5, 0.6) is 0 Å². The van der Waals surface area contributed by atoms with Gasteiger partial charge in [-0.15, -0.1) is 0 Å². The molecular formula is C13H22N4. The molecule has 17 heavy (non-hydrogen) atoms. The number of nitrogens with one attached hydrogen (secondary N) is 1. The van der Waals surface area contributed by atoms with E-state index in [9.17, 15) is 0 Å². The molecule has 1 saturated heterocycles. The molecule has 0 bridgehead atoms. The number of fused-ring (bicyclic) bond motifs is 1. The normalized spacial score (nSPS) is 29.0. The Hall–Kier alpha value is -0.870. The number of rotatable bonds is 2. The van der Waals surface area contributed by atoms with Gasteiger partial charge in [0.1, 0.15) is 5.82 Å². The van der Waals surface area contributed by atoms with E-state index in [4.69, 9.17) is 5.73 Å². The largest absolute Gasteiger partial charge is 0.330 e. The summed E-state index contributed by atoms with van der Waals surface area (Å²) >= 11 is 0. The lowest BCUT2D eigenvalue weighted by atomic mass is 9.95. The standard InChI is InChI=1S/C13H22N4/c14-11-3-4-12-8-16-13(17(12)9-11)6-10-2-1-5-15-7-10/h8,10-11,15H,1-7,9,14H2. The maximum atomic E-state index is 6.05. The highest BCUT2D eigenvalue weighted by Crippen LogP contribution is 2.20. The molecule has 2 atom stereocenters. The number of nitrogens with zero attached hydrogens (tertiary/aromatic N) is 2.